The van der Waals surface area contributed by atoms with Crippen molar-refractivity contribution in [1.29, 1.82) is 0 Å². The van der Waals surface area contributed by atoms with Crippen LogP contribution in [0.3, 0.4) is 0 Å². The Morgan fingerprint density at radius 1 is 1.25 bits per heavy atom. The van der Waals surface area contributed by atoms with E-state index < -0.39 is 0 Å². The van der Waals surface area contributed by atoms with Gasteiger partial charge in [0, 0.05) is 18.8 Å². The van der Waals surface area contributed by atoms with Crippen molar-refractivity contribution in [2.45, 2.75) is 44.9 Å². The van der Waals surface area contributed by atoms with Gasteiger partial charge in [0.2, 0.25) is 0 Å². The molecule has 0 aromatic rings. The van der Waals surface area contributed by atoms with E-state index in [-0.39, 0.29) is 5.92 Å². The summed E-state index contributed by atoms with van der Waals surface area (Å²) in [5, 5.41) is 0. The second-order valence-corrected chi connectivity index (χ2v) is 3.52. The third-order valence-electron chi connectivity index (χ3n) is 2.56. The Hall–Kier alpha value is -0.660. The molecule has 12 heavy (non-hydrogen) atoms. The predicted octanol–water partition coefficient (Wildman–Crippen LogP) is 2.11. The first-order valence-corrected chi connectivity index (χ1v) is 4.81. The zero-order chi connectivity index (χ0) is 8.81. The van der Waals surface area contributed by atoms with Gasteiger partial charge in [-0.1, -0.05) is 19.3 Å². The van der Waals surface area contributed by atoms with E-state index >= 15 is 0 Å². The van der Waals surface area contributed by atoms with Crippen molar-refractivity contribution in [3.8, 4) is 0 Å². The van der Waals surface area contributed by atoms with Crippen LogP contribution in [0.1, 0.15) is 44.9 Å². The van der Waals surface area contributed by atoms with Gasteiger partial charge in [0.15, 0.2) is 0 Å². The van der Waals surface area contributed by atoms with Crippen molar-refractivity contribution in [2.24, 2.45) is 5.92 Å². The molecule has 1 rings (SSSR count). The van der Waals surface area contributed by atoms with E-state index in [1.165, 1.54) is 12.8 Å². The molecule has 0 spiro atoms. The minimum absolute atomic E-state index is 0.0443. The maximum absolute atomic E-state index is 11.4. The highest BCUT2D eigenvalue weighted by molar-refractivity contribution is 5.83. The summed E-state index contributed by atoms with van der Waals surface area (Å²) in [5.74, 6) is 0.351. The number of aldehydes is 1. The number of rotatable bonds is 2. The zero-order valence-electron chi connectivity index (χ0n) is 7.42. The topological polar surface area (TPSA) is 34.1 Å². The summed E-state index contributed by atoms with van der Waals surface area (Å²) in [5.41, 5.74) is 0. The van der Waals surface area contributed by atoms with Crippen LogP contribution in [0.2, 0.25) is 0 Å². The lowest BCUT2D eigenvalue weighted by atomic mass is 9.88. The first-order valence-electron chi connectivity index (χ1n) is 4.81. The largest absolute Gasteiger partial charge is 0.303 e. The van der Waals surface area contributed by atoms with Crippen LogP contribution >= 0.6 is 0 Å². The molecule has 1 aliphatic rings. The molecule has 0 radical (unpaired) electrons. The summed E-state index contributed by atoms with van der Waals surface area (Å²) in [6.45, 7) is 0. The van der Waals surface area contributed by atoms with Gasteiger partial charge < -0.3 is 4.79 Å². The first-order chi connectivity index (χ1) is 5.84. The van der Waals surface area contributed by atoms with Crippen LogP contribution in [0.25, 0.3) is 0 Å². The highest BCUT2D eigenvalue weighted by atomic mass is 16.1. The Morgan fingerprint density at radius 3 is 2.75 bits per heavy atom. The van der Waals surface area contributed by atoms with Gasteiger partial charge in [-0.15, -0.1) is 0 Å². The zero-order valence-corrected chi connectivity index (χ0v) is 7.42. The molecule has 0 aromatic carbocycles. The molecular formula is C10H16O2. The fraction of sp³-hybridized carbons (Fsp3) is 0.800. The molecule has 0 aliphatic heterocycles. The van der Waals surface area contributed by atoms with Crippen molar-refractivity contribution < 1.29 is 9.59 Å². The van der Waals surface area contributed by atoms with Crippen LogP contribution in [-0.4, -0.2) is 12.1 Å². The molecule has 2 nitrogen and oxygen atoms in total. The van der Waals surface area contributed by atoms with Crippen LogP contribution in [0, 0.1) is 5.92 Å². The highest BCUT2D eigenvalue weighted by Crippen LogP contribution is 2.21. The molecular weight excluding hydrogens is 152 g/mol. The van der Waals surface area contributed by atoms with Gasteiger partial charge in [-0.05, 0) is 12.8 Å². The van der Waals surface area contributed by atoms with E-state index in [1.54, 1.807) is 0 Å². The number of ketones is 1. The normalized spacial score (nSPS) is 26.0. The van der Waals surface area contributed by atoms with Crippen LogP contribution < -0.4 is 0 Å². The molecule has 1 saturated carbocycles. The molecule has 0 saturated heterocycles. The number of Topliss-reactive ketones (excluding diaryl/α,β-unsaturated/α-hetero) is 1. The van der Waals surface area contributed by atoms with Crippen molar-refractivity contribution in [1.82, 2.24) is 0 Å². The van der Waals surface area contributed by atoms with E-state index in [1.807, 2.05) is 0 Å². The first kappa shape index (κ1) is 9.43. The second-order valence-electron chi connectivity index (χ2n) is 3.52. The third-order valence-corrected chi connectivity index (χ3v) is 2.56. The Bertz CT molecular complexity index is 163. The number of hydrogen-bond donors (Lipinski definition) is 0. The van der Waals surface area contributed by atoms with Gasteiger partial charge in [0.1, 0.15) is 12.1 Å². The lowest BCUT2D eigenvalue weighted by Gasteiger charge is -2.15. The van der Waals surface area contributed by atoms with Crippen molar-refractivity contribution in [3.05, 3.63) is 0 Å². The lowest BCUT2D eigenvalue weighted by molar-refractivity contribution is -0.125. The molecule has 0 aromatic heterocycles. The van der Waals surface area contributed by atoms with Gasteiger partial charge in [-0.25, -0.2) is 0 Å². The molecule has 1 aliphatic carbocycles. The molecule has 0 amide bonds. The summed E-state index contributed by atoms with van der Waals surface area (Å²) < 4.78 is 0. The van der Waals surface area contributed by atoms with E-state index in [2.05, 4.69) is 0 Å². The fourth-order valence-electron chi connectivity index (χ4n) is 1.77. The number of carbonyl (C=O) groups excluding carboxylic acids is 2. The van der Waals surface area contributed by atoms with Gasteiger partial charge in [0.05, 0.1) is 0 Å². The van der Waals surface area contributed by atoms with Crippen molar-refractivity contribution in [3.63, 3.8) is 0 Å². The average Bonchev–Trinajstić information content (AvgIpc) is 2.05. The minimum Gasteiger partial charge on any atom is -0.303 e. The molecule has 68 valence electrons. The third kappa shape index (κ3) is 2.76. The number of hydrogen-bond acceptors (Lipinski definition) is 2. The van der Waals surface area contributed by atoms with Gasteiger partial charge in [-0.3, -0.25) is 4.79 Å². The molecule has 1 unspecified atom stereocenters. The number of carbonyl (C=O) groups is 2. The predicted molar refractivity (Wildman–Crippen MR) is 46.9 cm³/mol. The Balaban J connectivity index is 2.42. The highest BCUT2D eigenvalue weighted by Gasteiger charge is 2.18. The fourth-order valence-corrected chi connectivity index (χ4v) is 1.77. The van der Waals surface area contributed by atoms with E-state index in [0.29, 0.717) is 18.6 Å². The smallest absolute Gasteiger partial charge is 0.136 e. The average molecular weight is 168 g/mol. The van der Waals surface area contributed by atoms with Crippen LogP contribution in [0.15, 0.2) is 0 Å². The summed E-state index contributed by atoms with van der Waals surface area (Å²) in [7, 11) is 0. The Labute approximate surface area is 73.3 Å². The van der Waals surface area contributed by atoms with Gasteiger partial charge in [0.25, 0.3) is 0 Å². The minimum atomic E-state index is 0.0443. The molecule has 1 atom stereocenters. The monoisotopic (exact) mass is 168 g/mol. The molecule has 0 heterocycles. The van der Waals surface area contributed by atoms with E-state index in [4.69, 9.17) is 0 Å². The van der Waals surface area contributed by atoms with Crippen molar-refractivity contribution in [2.75, 3.05) is 0 Å². The molecule has 1 fully saturated rings. The summed E-state index contributed by atoms with van der Waals surface area (Å²) in [6, 6.07) is 0. The van der Waals surface area contributed by atoms with E-state index in [0.717, 1.165) is 25.5 Å². The van der Waals surface area contributed by atoms with Crippen LogP contribution in [0.5, 0.6) is 0 Å². The lowest BCUT2D eigenvalue weighted by Crippen LogP contribution is -2.16. The Morgan fingerprint density at radius 2 is 2.00 bits per heavy atom. The van der Waals surface area contributed by atoms with Gasteiger partial charge >= 0.3 is 0 Å². The molecule has 0 N–H and O–H groups in total. The summed E-state index contributed by atoms with van der Waals surface area (Å²) >= 11 is 0. The summed E-state index contributed by atoms with van der Waals surface area (Å²) in [6.07, 6.45) is 7.49. The quantitative estimate of drug-likeness (QED) is 0.592. The molecule has 0 bridgehead atoms. The van der Waals surface area contributed by atoms with Crippen molar-refractivity contribution >= 4 is 12.1 Å². The Kier molecular flexibility index (Phi) is 3.98. The summed E-state index contributed by atoms with van der Waals surface area (Å²) in [4.78, 5) is 21.7. The van der Waals surface area contributed by atoms with Crippen LogP contribution in [-0.2, 0) is 9.59 Å². The maximum atomic E-state index is 11.4. The van der Waals surface area contributed by atoms with Crippen LogP contribution in [0.4, 0.5) is 0 Å². The van der Waals surface area contributed by atoms with Gasteiger partial charge in [-0.2, -0.15) is 0 Å². The molecule has 2 heteroatoms. The SMILES string of the molecule is O=CCC1CCCCCCC1=O. The second kappa shape index (κ2) is 5.07. The standard InChI is InChI=1S/C10H16O2/c11-8-7-9-5-3-1-2-4-6-10(9)12/h8-9H,1-7H2. The van der Waals surface area contributed by atoms with E-state index in [9.17, 15) is 9.59 Å². The maximum Gasteiger partial charge on any atom is 0.136 e.